The Morgan fingerprint density at radius 1 is 1.62 bits per heavy atom. The summed E-state index contributed by atoms with van der Waals surface area (Å²) in [5.74, 6) is 5.18. The Balaban J connectivity index is 3.39. The van der Waals surface area contributed by atoms with E-state index in [0.29, 0.717) is 0 Å². The Bertz CT molecular complexity index is 68.9. The standard InChI is InChI=1S/C4H11IN2O/c1-4(2,5)8-7(3)6/h6H2,1-3H3. The van der Waals surface area contributed by atoms with Gasteiger partial charge in [0, 0.05) is 7.05 Å². The molecule has 0 saturated heterocycles. The van der Waals surface area contributed by atoms with Crippen molar-refractivity contribution in [3.8, 4) is 0 Å². The van der Waals surface area contributed by atoms with Crippen LogP contribution in [0.15, 0.2) is 0 Å². The molecular weight excluding hydrogens is 219 g/mol. The molecule has 0 amide bonds. The van der Waals surface area contributed by atoms with Crippen molar-refractivity contribution >= 4 is 22.6 Å². The highest BCUT2D eigenvalue weighted by molar-refractivity contribution is 14.1. The van der Waals surface area contributed by atoms with Crippen LogP contribution in [0.2, 0.25) is 0 Å². The van der Waals surface area contributed by atoms with Gasteiger partial charge in [-0.3, -0.25) is 4.84 Å². The van der Waals surface area contributed by atoms with Gasteiger partial charge in [0.2, 0.25) is 0 Å². The van der Waals surface area contributed by atoms with E-state index >= 15 is 0 Å². The molecule has 0 heterocycles. The van der Waals surface area contributed by atoms with Gasteiger partial charge < -0.3 is 0 Å². The van der Waals surface area contributed by atoms with Crippen LogP contribution >= 0.6 is 22.6 Å². The van der Waals surface area contributed by atoms with Gasteiger partial charge in [-0.15, -0.1) is 5.17 Å². The first-order chi connectivity index (χ1) is 3.42. The predicted molar refractivity (Wildman–Crippen MR) is 41.1 cm³/mol. The maximum Gasteiger partial charge on any atom is 0.136 e. The van der Waals surface area contributed by atoms with Crippen LogP contribution in [-0.2, 0) is 4.84 Å². The smallest absolute Gasteiger partial charge is 0.136 e. The van der Waals surface area contributed by atoms with Crippen LogP contribution in [0.3, 0.4) is 0 Å². The zero-order valence-corrected chi connectivity index (χ0v) is 7.47. The molecular formula is C4H11IN2O. The highest BCUT2D eigenvalue weighted by Crippen LogP contribution is 2.17. The van der Waals surface area contributed by atoms with E-state index in [1.807, 2.05) is 13.8 Å². The van der Waals surface area contributed by atoms with Crippen LogP contribution in [-0.4, -0.2) is 15.8 Å². The van der Waals surface area contributed by atoms with Crippen LogP contribution in [0, 0.1) is 0 Å². The van der Waals surface area contributed by atoms with E-state index in [1.54, 1.807) is 7.05 Å². The van der Waals surface area contributed by atoms with Crippen molar-refractivity contribution in [3.05, 3.63) is 0 Å². The molecule has 4 heteroatoms. The van der Waals surface area contributed by atoms with Gasteiger partial charge in [-0.25, -0.2) is 5.84 Å². The van der Waals surface area contributed by atoms with E-state index < -0.39 is 0 Å². The van der Waals surface area contributed by atoms with Crippen molar-refractivity contribution in [1.29, 1.82) is 0 Å². The maximum absolute atomic E-state index is 5.18. The second-order valence-corrected chi connectivity index (χ2v) is 4.60. The number of hydrogen-bond donors (Lipinski definition) is 1. The fraction of sp³-hybridized carbons (Fsp3) is 1.00. The van der Waals surface area contributed by atoms with E-state index in [0.717, 1.165) is 0 Å². The number of halogens is 1. The van der Waals surface area contributed by atoms with Crippen molar-refractivity contribution in [1.82, 2.24) is 5.17 Å². The van der Waals surface area contributed by atoms with E-state index in [4.69, 9.17) is 10.7 Å². The van der Waals surface area contributed by atoms with Crippen molar-refractivity contribution in [3.63, 3.8) is 0 Å². The van der Waals surface area contributed by atoms with Gasteiger partial charge in [-0.1, -0.05) is 0 Å². The van der Waals surface area contributed by atoms with Crippen LogP contribution in [0.5, 0.6) is 0 Å². The summed E-state index contributed by atoms with van der Waals surface area (Å²) in [6, 6.07) is 0. The van der Waals surface area contributed by atoms with E-state index in [2.05, 4.69) is 22.6 Å². The Kier molecular flexibility index (Phi) is 3.18. The lowest BCUT2D eigenvalue weighted by Crippen LogP contribution is -2.33. The summed E-state index contributed by atoms with van der Waals surface area (Å²) in [5.41, 5.74) is 0. The molecule has 0 unspecified atom stereocenters. The lowest BCUT2D eigenvalue weighted by Gasteiger charge is -2.20. The SMILES string of the molecule is CN(N)OC(C)(C)I. The zero-order chi connectivity index (χ0) is 6.78. The Morgan fingerprint density at radius 2 is 2.00 bits per heavy atom. The number of nitrogens with two attached hydrogens (primary N) is 1. The molecule has 2 N–H and O–H groups in total. The highest BCUT2D eigenvalue weighted by Gasteiger charge is 2.13. The Morgan fingerprint density at radius 3 is 2.00 bits per heavy atom. The molecule has 8 heavy (non-hydrogen) atoms. The zero-order valence-electron chi connectivity index (χ0n) is 5.31. The average Bonchev–Trinajstić information content (AvgIpc) is 1.21. The van der Waals surface area contributed by atoms with E-state index in [9.17, 15) is 0 Å². The second-order valence-electron chi connectivity index (χ2n) is 2.00. The fourth-order valence-corrected chi connectivity index (χ4v) is 0.653. The minimum Gasteiger partial charge on any atom is -0.268 e. The molecule has 3 nitrogen and oxygen atoms in total. The first kappa shape index (κ1) is 8.61. The number of hydrazine groups is 1. The number of nitrogens with zero attached hydrogens (tertiary/aromatic N) is 1. The quantitative estimate of drug-likeness (QED) is 0.331. The normalized spacial score (nSPS) is 12.8. The summed E-state index contributed by atoms with van der Waals surface area (Å²) < 4.78 is -0.207. The molecule has 0 fully saturated rings. The van der Waals surface area contributed by atoms with Crippen LogP contribution in [0.25, 0.3) is 0 Å². The lowest BCUT2D eigenvalue weighted by atomic mass is 10.5. The van der Waals surface area contributed by atoms with Gasteiger partial charge in [0.25, 0.3) is 0 Å². The third-order valence-electron chi connectivity index (χ3n) is 0.361. The summed E-state index contributed by atoms with van der Waals surface area (Å²) in [6.45, 7) is 3.86. The monoisotopic (exact) mass is 230 g/mol. The van der Waals surface area contributed by atoms with Crippen molar-refractivity contribution in [2.75, 3.05) is 7.05 Å². The van der Waals surface area contributed by atoms with E-state index in [1.165, 1.54) is 5.17 Å². The van der Waals surface area contributed by atoms with Crippen LogP contribution in [0.4, 0.5) is 0 Å². The number of hydrogen-bond acceptors (Lipinski definition) is 3. The predicted octanol–water partition coefficient (Wildman–Crippen LogP) is 0.895. The summed E-state index contributed by atoms with van der Waals surface area (Å²) >= 11 is 2.15. The van der Waals surface area contributed by atoms with Gasteiger partial charge >= 0.3 is 0 Å². The maximum atomic E-state index is 5.18. The lowest BCUT2D eigenvalue weighted by molar-refractivity contribution is -0.179. The Hall–Kier alpha value is 0.610. The molecule has 0 aromatic rings. The number of rotatable bonds is 2. The van der Waals surface area contributed by atoms with Crippen molar-refractivity contribution in [2.24, 2.45) is 5.84 Å². The largest absolute Gasteiger partial charge is 0.268 e. The molecule has 0 rings (SSSR count). The van der Waals surface area contributed by atoms with Gasteiger partial charge in [-0.2, -0.15) is 0 Å². The summed E-state index contributed by atoms with van der Waals surface area (Å²) in [6.07, 6.45) is 0. The molecule has 0 bridgehead atoms. The minimum atomic E-state index is -0.207. The molecule has 0 aromatic carbocycles. The third kappa shape index (κ3) is 6.61. The highest BCUT2D eigenvalue weighted by atomic mass is 127. The van der Waals surface area contributed by atoms with Gasteiger partial charge in [0.05, 0.1) is 0 Å². The number of hydroxylamine groups is 1. The van der Waals surface area contributed by atoms with Gasteiger partial charge in [0.1, 0.15) is 3.61 Å². The van der Waals surface area contributed by atoms with Crippen LogP contribution in [0.1, 0.15) is 13.8 Å². The number of alkyl halides is 1. The van der Waals surface area contributed by atoms with Crippen molar-refractivity contribution in [2.45, 2.75) is 17.5 Å². The topological polar surface area (TPSA) is 38.5 Å². The van der Waals surface area contributed by atoms with E-state index in [-0.39, 0.29) is 3.61 Å². The molecule has 0 spiro atoms. The molecule has 0 atom stereocenters. The first-order valence-electron chi connectivity index (χ1n) is 2.28. The molecule has 0 aromatic heterocycles. The minimum absolute atomic E-state index is 0.207. The summed E-state index contributed by atoms with van der Waals surface area (Å²) in [4.78, 5) is 5.04. The molecule has 0 saturated carbocycles. The van der Waals surface area contributed by atoms with Crippen molar-refractivity contribution < 1.29 is 4.84 Å². The summed E-state index contributed by atoms with van der Waals surface area (Å²) in [7, 11) is 1.65. The summed E-state index contributed by atoms with van der Waals surface area (Å²) in [5, 5.41) is 1.20. The molecule has 50 valence electrons. The Labute approximate surface area is 63.2 Å². The molecule has 0 radical (unpaired) electrons. The van der Waals surface area contributed by atoms with Gasteiger partial charge in [-0.05, 0) is 36.4 Å². The fourth-order valence-electron chi connectivity index (χ4n) is 0.342. The van der Waals surface area contributed by atoms with Crippen LogP contribution < -0.4 is 5.84 Å². The second kappa shape index (κ2) is 2.95. The first-order valence-corrected chi connectivity index (χ1v) is 3.36. The third-order valence-corrected chi connectivity index (χ3v) is 0.558. The van der Waals surface area contributed by atoms with Gasteiger partial charge in [0.15, 0.2) is 0 Å². The molecule has 0 aliphatic carbocycles. The average molecular weight is 230 g/mol. The molecule has 0 aliphatic heterocycles. The molecule has 0 aliphatic rings.